The van der Waals surface area contributed by atoms with Crippen molar-refractivity contribution in [1.82, 2.24) is 4.90 Å². The highest BCUT2D eigenvalue weighted by Gasteiger charge is 2.45. The van der Waals surface area contributed by atoms with Gasteiger partial charge in [-0.2, -0.15) is 5.26 Å². The SMILES string of the molecule is CC(c1ccc(C#N)cc1)N1CCCC1(C)C(=O)O. The minimum Gasteiger partial charge on any atom is -0.480 e. The summed E-state index contributed by atoms with van der Waals surface area (Å²) in [5.74, 6) is -0.759. The van der Waals surface area contributed by atoms with E-state index in [2.05, 4.69) is 6.07 Å². The lowest BCUT2D eigenvalue weighted by atomic mass is 9.96. The number of nitrogens with zero attached hydrogens (tertiary/aromatic N) is 2. The summed E-state index contributed by atoms with van der Waals surface area (Å²) >= 11 is 0. The van der Waals surface area contributed by atoms with Gasteiger partial charge in [0.1, 0.15) is 5.54 Å². The van der Waals surface area contributed by atoms with E-state index in [9.17, 15) is 9.90 Å². The topological polar surface area (TPSA) is 64.3 Å². The number of carbonyl (C=O) groups is 1. The van der Waals surface area contributed by atoms with Crippen LogP contribution in [-0.2, 0) is 4.79 Å². The van der Waals surface area contributed by atoms with E-state index in [0.29, 0.717) is 12.0 Å². The highest BCUT2D eigenvalue weighted by Crippen LogP contribution is 2.36. The van der Waals surface area contributed by atoms with Crippen molar-refractivity contribution in [3.63, 3.8) is 0 Å². The van der Waals surface area contributed by atoms with Gasteiger partial charge >= 0.3 is 5.97 Å². The van der Waals surface area contributed by atoms with Crippen LogP contribution in [0.1, 0.15) is 43.9 Å². The average Bonchev–Trinajstić information content (AvgIpc) is 2.81. The van der Waals surface area contributed by atoms with Gasteiger partial charge in [0.15, 0.2) is 0 Å². The molecular formula is C15H18N2O2. The Morgan fingerprint density at radius 3 is 2.63 bits per heavy atom. The Labute approximate surface area is 113 Å². The van der Waals surface area contributed by atoms with Gasteiger partial charge in [-0.1, -0.05) is 12.1 Å². The molecule has 2 rings (SSSR count). The molecule has 1 aromatic carbocycles. The van der Waals surface area contributed by atoms with E-state index in [4.69, 9.17) is 5.26 Å². The van der Waals surface area contributed by atoms with Crippen LogP contribution in [0.4, 0.5) is 0 Å². The number of likely N-dealkylation sites (tertiary alicyclic amines) is 1. The van der Waals surface area contributed by atoms with Crippen molar-refractivity contribution in [2.24, 2.45) is 0 Å². The Morgan fingerprint density at radius 1 is 1.47 bits per heavy atom. The fourth-order valence-corrected chi connectivity index (χ4v) is 2.85. The summed E-state index contributed by atoms with van der Waals surface area (Å²) in [6.45, 7) is 4.61. The molecule has 1 aliphatic rings. The molecule has 0 amide bonds. The van der Waals surface area contributed by atoms with Gasteiger partial charge in [-0.05, 0) is 50.9 Å². The first kappa shape index (κ1) is 13.6. The van der Waals surface area contributed by atoms with Crippen LogP contribution in [-0.4, -0.2) is 28.1 Å². The summed E-state index contributed by atoms with van der Waals surface area (Å²) in [6.07, 6.45) is 1.59. The Bertz CT molecular complexity index is 518. The molecule has 1 aliphatic heterocycles. The van der Waals surface area contributed by atoms with Gasteiger partial charge in [-0.25, -0.2) is 0 Å². The molecule has 100 valence electrons. The molecule has 0 saturated carbocycles. The number of carboxylic acid groups (broad SMARTS) is 1. The van der Waals surface area contributed by atoms with Crippen molar-refractivity contribution in [3.8, 4) is 6.07 Å². The number of benzene rings is 1. The number of aliphatic carboxylic acids is 1. The van der Waals surface area contributed by atoms with Crippen LogP contribution in [0.2, 0.25) is 0 Å². The zero-order valence-corrected chi connectivity index (χ0v) is 11.3. The van der Waals surface area contributed by atoms with Crippen molar-refractivity contribution in [3.05, 3.63) is 35.4 Å². The molecule has 0 radical (unpaired) electrons. The third kappa shape index (κ3) is 2.34. The number of hydrogen-bond donors (Lipinski definition) is 1. The summed E-state index contributed by atoms with van der Waals surface area (Å²) in [6, 6.07) is 9.50. The molecule has 1 fully saturated rings. The molecule has 1 heterocycles. The van der Waals surface area contributed by atoms with E-state index in [1.165, 1.54) is 0 Å². The lowest BCUT2D eigenvalue weighted by Gasteiger charge is -2.36. The van der Waals surface area contributed by atoms with Gasteiger partial charge in [0, 0.05) is 6.04 Å². The first-order chi connectivity index (χ1) is 8.99. The normalized spacial score (nSPS) is 24.9. The maximum absolute atomic E-state index is 11.5. The Balaban J connectivity index is 2.25. The minimum atomic E-state index is -0.784. The number of carboxylic acids is 1. The Morgan fingerprint density at radius 2 is 2.11 bits per heavy atom. The lowest BCUT2D eigenvalue weighted by Crippen LogP contribution is -2.48. The molecule has 0 spiro atoms. The van der Waals surface area contributed by atoms with Crippen molar-refractivity contribution in [2.45, 2.75) is 38.3 Å². The quantitative estimate of drug-likeness (QED) is 0.905. The maximum atomic E-state index is 11.5. The first-order valence-electron chi connectivity index (χ1n) is 6.49. The highest BCUT2D eigenvalue weighted by molar-refractivity contribution is 5.78. The summed E-state index contributed by atoms with van der Waals surface area (Å²) in [4.78, 5) is 13.5. The molecule has 4 heteroatoms. The molecule has 2 unspecified atom stereocenters. The van der Waals surface area contributed by atoms with Crippen LogP contribution < -0.4 is 0 Å². The standard InChI is InChI=1S/C15H18N2O2/c1-11(13-6-4-12(10-16)5-7-13)17-9-3-8-15(17,2)14(18)19/h4-7,11H,3,8-9H2,1-2H3,(H,18,19). The van der Waals surface area contributed by atoms with E-state index in [1.54, 1.807) is 19.1 Å². The molecule has 2 atom stereocenters. The molecule has 1 aromatic rings. The monoisotopic (exact) mass is 258 g/mol. The average molecular weight is 258 g/mol. The van der Waals surface area contributed by atoms with Crippen LogP contribution in [0.25, 0.3) is 0 Å². The molecule has 19 heavy (non-hydrogen) atoms. The molecular weight excluding hydrogens is 240 g/mol. The van der Waals surface area contributed by atoms with Crippen molar-refractivity contribution in [1.29, 1.82) is 5.26 Å². The van der Waals surface area contributed by atoms with Gasteiger partial charge < -0.3 is 5.11 Å². The predicted molar refractivity (Wildman–Crippen MR) is 71.6 cm³/mol. The second-order valence-electron chi connectivity index (χ2n) is 5.29. The second kappa shape index (κ2) is 5.02. The van der Waals surface area contributed by atoms with Crippen LogP contribution in [0.5, 0.6) is 0 Å². The summed E-state index contributed by atoms with van der Waals surface area (Å²) in [7, 11) is 0. The zero-order chi connectivity index (χ0) is 14.0. The number of nitriles is 1. The Hall–Kier alpha value is -1.86. The number of hydrogen-bond acceptors (Lipinski definition) is 3. The molecule has 0 bridgehead atoms. The van der Waals surface area contributed by atoms with E-state index < -0.39 is 11.5 Å². The third-order valence-electron chi connectivity index (χ3n) is 4.15. The van der Waals surface area contributed by atoms with E-state index in [-0.39, 0.29) is 6.04 Å². The van der Waals surface area contributed by atoms with Crippen LogP contribution in [0.15, 0.2) is 24.3 Å². The van der Waals surface area contributed by atoms with Crippen LogP contribution in [0.3, 0.4) is 0 Å². The minimum absolute atomic E-state index is 0.0383. The third-order valence-corrected chi connectivity index (χ3v) is 4.15. The maximum Gasteiger partial charge on any atom is 0.323 e. The second-order valence-corrected chi connectivity index (χ2v) is 5.29. The van der Waals surface area contributed by atoms with Crippen LogP contribution in [0, 0.1) is 11.3 Å². The van der Waals surface area contributed by atoms with Crippen molar-refractivity contribution >= 4 is 5.97 Å². The molecule has 0 aliphatic carbocycles. The van der Waals surface area contributed by atoms with Gasteiger partial charge in [0.25, 0.3) is 0 Å². The summed E-state index contributed by atoms with van der Waals surface area (Å²) in [5.41, 5.74) is 0.889. The van der Waals surface area contributed by atoms with E-state index >= 15 is 0 Å². The predicted octanol–water partition coefficient (Wildman–Crippen LogP) is 2.56. The number of rotatable bonds is 3. The summed E-state index contributed by atoms with van der Waals surface area (Å²) in [5, 5.41) is 18.2. The fourth-order valence-electron chi connectivity index (χ4n) is 2.85. The summed E-state index contributed by atoms with van der Waals surface area (Å²) < 4.78 is 0. The van der Waals surface area contributed by atoms with E-state index in [0.717, 1.165) is 18.5 Å². The lowest BCUT2D eigenvalue weighted by molar-refractivity contribution is -0.149. The van der Waals surface area contributed by atoms with Crippen molar-refractivity contribution < 1.29 is 9.90 Å². The largest absolute Gasteiger partial charge is 0.480 e. The zero-order valence-electron chi connectivity index (χ0n) is 11.3. The van der Waals surface area contributed by atoms with Gasteiger partial charge in [-0.15, -0.1) is 0 Å². The van der Waals surface area contributed by atoms with E-state index in [1.807, 2.05) is 24.0 Å². The van der Waals surface area contributed by atoms with Crippen molar-refractivity contribution in [2.75, 3.05) is 6.54 Å². The molecule has 1 N–H and O–H groups in total. The first-order valence-corrected chi connectivity index (χ1v) is 6.49. The molecule has 1 saturated heterocycles. The molecule has 0 aromatic heterocycles. The highest BCUT2D eigenvalue weighted by atomic mass is 16.4. The van der Waals surface area contributed by atoms with Gasteiger partial charge in [0.2, 0.25) is 0 Å². The molecule has 4 nitrogen and oxygen atoms in total. The Kier molecular flexibility index (Phi) is 3.59. The van der Waals surface area contributed by atoms with Gasteiger partial charge in [0.05, 0.1) is 11.6 Å². The smallest absolute Gasteiger partial charge is 0.323 e. The fraction of sp³-hybridized carbons (Fsp3) is 0.467. The van der Waals surface area contributed by atoms with Crippen LogP contribution >= 0.6 is 0 Å². The van der Waals surface area contributed by atoms with Gasteiger partial charge in [-0.3, -0.25) is 9.69 Å².